The van der Waals surface area contributed by atoms with Crippen LogP contribution in [0.15, 0.2) is 27.2 Å². The zero-order chi connectivity index (χ0) is 21.8. The number of phenolic OH excluding ortho intramolecular Hbond substituents is 2. The van der Waals surface area contributed by atoms with E-state index in [0.717, 1.165) is 6.07 Å². The number of benzene rings is 1. The Hall–Kier alpha value is -3.73. The molecule has 0 aliphatic rings. The van der Waals surface area contributed by atoms with Gasteiger partial charge in [-0.25, -0.2) is 4.79 Å². The van der Waals surface area contributed by atoms with E-state index in [0.29, 0.717) is 6.54 Å². The summed E-state index contributed by atoms with van der Waals surface area (Å²) in [6.07, 6.45) is 0. The molecule has 0 unspecified atom stereocenters. The molecule has 1 aromatic carbocycles. The molecular weight excluding hydrogens is 420 g/mol. The van der Waals surface area contributed by atoms with Crippen LogP contribution in [0.5, 0.6) is 11.5 Å². The first-order chi connectivity index (χ1) is 14.3. The molecule has 1 amide bonds. The molecule has 0 atom stereocenters. The van der Waals surface area contributed by atoms with Crippen molar-refractivity contribution in [3.8, 4) is 22.8 Å². The molecule has 0 saturated carbocycles. The van der Waals surface area contributed by atoms with Gasteiger partial charge in [-0.1, -0.05) is 21.9 Å². The molecular formula is C18H17ClN4O7. The highest BCUT2D eigenvalue weighted by molar-refractivity contribution is 6.32. The van der Waals surface area contributed by atoms with E-state index < -0.39 is 11.9 Å². The molecule has 158 valence electrons. The molecule has 2 aromatic heterocycles. The number of aromatic hydroxyl groups is 2. The summed E-state index contributed by atoms with van der Waals surface area (Å²) >= 11 is 5.94. The van der Waals surface area contributed by atoms with Crippen molar-refractivity contribution in [1.82, 2.24) is 15.6 Å². The van der Waals surface area contributed by atoms with Crippen molar-refractivity contribution in [3.63, 3.8) is 0 Å². The second-order valence-corrected chi connectivity index (χ2v) is 6.35. The predicted molar refractivity (Wildman–Crippen MR) is 103 cm³/mol. The quantitative estimate of drug-likeness (QED) is 0.405. The van der Waals surface area contributed by atoms with Crippen molar-refractivity contribution in [3.05, 3.63) is 40.4 Å². The number of carbonyl (C=O) groups is 2. The van der Waals surface area contributed by atoms with Crippen molar-refractivity contribution < 1.29 is 33.6 Å². The van der Waals surface area contributed by atoms with Gasteiger partial charge in [0.2, 0.25) is 0 Å². The average Bonchev–Trinajstić information content (AvgIpc) is 3.35. The molecule has 2 heterocycles. The van der Waals surface area contributed by atoms with Gasteiger partial charge in [0.1, 0.15) is 17.2 Å². The fraction of sp³-hybridized carbons (Fsp3) is 0.222. The van der Waals surface area contributed by atoms with Gasteiger partial charge >= 0.3 is 5.97 Å². The molecule has 0 spiro atoms. The highest BCUT2D eigenvalue weighted by Gasteiger charge is 2.26. The molecule has 4 N–H and O–H groups in total. The molecule has 0 aliphatic carbocycles. The Morgan fingerprint density at radius 2 is 1.93 bits per heavy atom. The normalized spacial score (nSPS) is 10.6. The number of methoxy groups -OCH3 is 1. The van der Waals surface area contributed by atoms with Crippen molar-refractivity contribution in [2.75, 3.05) is 19.0 Å². The minimum Gasteiger partial charge on any atom is -0.507 e. The second-order valence-electron chi connectivity index (χ2n) is 5.94. The smallest absolute Gasteiger partial charge is 0.360 e. The number of amides is 1. The summed E-state index contributed by atoms with van der Waals surface area (Å²) in [5, 5.41) is 32.7. The molecule has 0 aliphatic heterocycles. The first kappa shape index (κ1) is 21.0. The van der Waals surface area contributed by atoms with Crippen LogP contribution in [0.2, 0.25) is 5.02 Å². The zero-order valence-electron chi connectivity index (χ0n) is 15.9. The third-order valence-corrected chi connectivity index (χ3v) is 4.25. The van der Waals surface area contributed by atoms with E-state index in [2.05, 4.69) is 25.7 Å². The van der Waals surface area contributed by atoms with E-state index >= 15 is 0 Å². The summed E-state index contributed by atoms with van der Waals surface area (Å²) in [4.78, 5) is 23.9. The van der Waals surface area contributed by atoms with E-state index in [4.69, 9.17) is 20.6 Å². The molecule has 0 bridgehead atoms. The number of hydrogen-bond donors (Lipinski definition) is 4. The van der Waals surface area contributed by atoms with Crippen LogP contribution in [-0.2, 0) is 11.3 Å². The molecule has 3 rings (SSSR count). The third-order valence-electron chi connectivity index (χ3n) is 3.95. The Kier molecular flexibility index (Phi) is 6.11. The Morgan fingerprint density at radius 3 is 2.63 bits per heavy atom. The number of nitrogens with one attached hydrogen (secondary N) is 2. The average molecular weight is 437 g/mol. The maximum absolute atomic E-state index is 12.4. The van der Waals surface area contributed by atoms with E-state index in [1.807, 2.05) is 0 Å². The lowest BCUT2D eigenvalue weighted by atomic mass is 10.1. The Labute approximate surface area is 174 Å². The van der Waals surface area contributed by atoms with E-state index in [-0.39, 0.29) is 57.2 Å². The number of aromatic nitrogens is 2. The number of hydrogen-bond acceptors (Lipinski definition) is 10. The Morgan fingerprint density at radius 1 is 1.17 bits per heavy atom. The van der Waals surface area contributed by atoms with Gasteiger partial charge in [-0.3, -0.25) is 4.79 Å². The van der Waals surface area contributed by atoms with Gasteiger partial charge in [0.25, 0.3) is 5.91 Å². The minimum absolute atomic E-state index is 0.00279. The van der Waals surface area contributed by atoms with Crippen LogP contribution in [0, 0.1) is 0 Å². The second kappa shape index (κ2) is 8.74. The summed E-state index contributed by atoms with van der Waals surface area (Å²) in [6, 6.07) is 3.67. The molecule has 11 nitrogen and oxygen atoms in total. The van der Waals surface area contributed by atoms with E-state index in [9.17, 15) is 19.8 Å². The number of anilines is 1. The Balaban J connectivity index is 1.97. The van der Waals surface area contributed by atoms with Gasteiger partial charge in [0, 0.05) is 18.7 Å². The lowest BCUT2D eigenvalue weighted by Crippen LogP contribution is -2.24. The fourth-order valence-corrected chi connectivity index (χ4v) is 2.71. The number of carbonyl (C=O) groups excluding carboxylic acids is 2. The third kappa shape index (κ3) is 4.15. The summed E-state index contributed by atoms with van der Waals surface area (Å²) in [5.74, 6) is -1.59. The van der Waals surface area contributed by atoms with Crippen LogP contribution in [-0.4, -0.2) is 46.1 Å². The maximum atomic E-state index is 12.4. The van der Waals surface area contributed by atoms with Crippen molar-refractivity contribution in [1.29, 1.82) is 0 Å². The van der Waals surface area contributed by atoms with Gasteiger partial charge in [-0.05, 0) is 13.0 Å². The lowest BCUT2D eigenvalue weighted by molar-refractivity contribution is 0.0589. The highest BCUT2D eigenvalue weighted by Crippen LogP contribution is 2.41. The van der Waals surface area contributed by atoms with E-state index in [1.165, 1.54) is 19.2 Å². The number of ether oxygens (including phenoxy) is 1. The highest BCUT2D eigenvalue weighted by atomic mass is 35.5. The fourth-order valence-electron chi connectivity index (χ4n) is 2.54. The van der Waals surface area contributed by atoms with Crippen LogP contribution >= 0.6 is 11.6 Å². The van der Waals surface area contributed by atoms with Crippen LogP contribution in [0.4, 0.5) is 5.69 Å². The standard InChI is InChI=1S/C18H17ClN4O7/c1-3-20-17(26)15-14(21-7-8-4-11(22-29-8)18(27)28-2)16(30-23-15)9-5-10(19)13(25)6-12(9)24/h4-6,21,24-25H,3,7H2,1-2H3,(H,20,26). The van der Waals surface area contributed by atoms with Crippen molar-refractivity contribution in [2.24, 2.45) is 0 Å². The van der Waals surface area contributed by atoms with Gasteiger partial charge < -0.3 is 34.6 Å². The molecule has 0 fully saturated rings. The summed E-state index contributed by atoms with van der Waals surface area (Å²) in [6.45, 7) is 2.08. The Bertz CT molecular complexity index is 1090. The SMILES string of the molecule is CCNC(=O)c1noc(-c2cc(Cl)c(O)cc2O)c1NCc1cc(C(=O)OC)no1. The summed E-state index contributed by atoms with van der Waals surface area (Å²) in [7, 11) is 1.21. The maximum Gasteiger partial charge on any atom is 0.360 e. The number of phenols is 2. The number of nitrogens with zero attached hydrogens (tertiary/aromatic N) is 2. The van der Waals surface area contributed by atoms with Gasteiger partial charge in [0.05, 0.1) is 24.2 Å². The first-order valence-electron chi connectivity index (χ1n) is 8.63. The first-order valence-corrected chi connectivity index (χ1v) is 9.01. The number of esters is 1. The van der Waals surface area contributed by atoms with Crippen LogP contribution in [0.3, 0.4) is 0 Å². The summed E-state index contributed by atoms with van der Waals surface area (Å²) in [5.41, 5.74) is 0.125. The van der Waals surface area contributed by atoms with Crippen molar-refractivity contribution >= 4 is 29.2 Å². The molecule has 0 radical (unpaired) electrons. The molecule has 12 heteroatoms. The van der Waals surface area contributed by atoms with Crippen LogP contribution in [0.1, 0.15) is 33.7 Å². The number of rotatable bonds is 7. The lowest BCUT2D eigenvalue weighted by Gasteiger charge is -2.08. The topological polar surface area (TPSA) is 160 Å². The number of halogens is 1. The van der Waals surface area contributed by atoms with E-state index in [1.54, 1.807) is 6.92 Å². The molecule has 0 saturated heterocycles. The molecule has 3 aromatic rings. The van der Waals surface area contributed by atoms with Crippen LogP contribution < -0.4 is 10.6 Å². The largest absolute Gasteiger partial charge is 0.507 e. The van der Waals surface area contributed by atoms with Crippen molar-refractivity contribution in [2.45, 2.75) is 13.5 Å². The summed E-state index contributed by atoms with van der Waals surface area (Å²) < 4.78 is 14.9. The van der Waals surface area contributed by atoms with Gasteiger partial charge in [-0.15, -0.1) is 0 Å². The predicted octanol–water partition coefficient (Wildman–Crippen LogP) is 2.54. The van der Waals surface area contributed by atoms with Gasteiger partial charge in [-0.2, -0.15) is 0 Å². The minimum atomic E-state index is -0.665. The zero-order valence-corrected chi connectivity index (χ0v) is 16.6. The van der Waals surface area contributed by atoms with Gasteiger partial charge in [0.15, 0.2) is 22.9 Å². The monoisotopic (exact) mass is 436 g/mol. The van der Waals surface area contributed by atoms with Crippen LogP contribution in [0.25, 0.3) is 11.3 Å². The molecule has 30 heavy (non-hydrogen) atoms.